The third-order valence-corrected chi connectivity index (χ3v) is 3.15. The summed E-state index contributed by atoms with van der Waals surface area (Å²) in [7, 11) is 0. The highest BCUT2D eigenvalue weighted by atomic mass is 35.5. The summed E-state index contributed by atoms with van der Waals surface area (Å²) >= 11 is 6.05. The number of anilines is 2. The molecule has 0 saturated carbocycles. The van der Waals surface area contributed by atoms with Crippen LogP contribution in [0.4, 0.5) is 11.4 Å². The molecule has 1 atom stereocenters. The Morgan fingerprint density at radius 1 is 1.50 bits per heavy atom. The molecule has 1 fully saturated rings. The smallest absolute Gasteiger partial charge is 0.0763 e. The second kappa shape index (κ2) is 5.41. The predicted octanol–water partition coefficient (Wildman–Crippen LogP) is 2.90. The van der Waals surface area contributed by atoms with Gasteiger partial charge in [0.05, 0.1) is 22.5 Å². The zero-order valence-corrected chi connectivity index (χ0v) is 9.96. The highest BCUT2D eigenvalue weighted by Gasteiger charge is 2.14. The van der Waals surface area contributed by atoms with Gasteiger partial charge in [-0.15, -0.1) is 0 Å². The van der Waals surface area contributed by atoms with E-state index in [4.69, 9.17) is 22.1 Å². The van der Waals surface area contributed by atoms with Crippen LogP contribution in [-0.2, 0) is 4.74 Å². The Kier molecular flexibility index (Phi) is 3.91. The number of hydrogen-bond acceptors (Lipinski definition) is 3. The molecule has 1 aliphatic rings. The first kappa shape index (κ1) is 11.6. The van der Waals surface area contributed by atoms with Gasteiger partial charge in [-0.2, -0.15) is 0 Å². The van der Waals surface area contributed by atoms with Gasteiger partial charge in [0.25, 0.3) is 0 Å². The minimum absolute atomic E-state index is 0.399. The largest absolute Gasteiger partial charge is 0.397 e. The fraction of sp³-hybridized carbons (Fsp3) is 0.500. The third kappa shape index (κ3) is 2.80. The van der Waals surface area contributed by atoms with E-state index in [-0.39, 0.29) is 0 Å². The van der Waals surface area contributed by atoms with Crippen molar-refractivity contribution >= 4 is 23.0 Å². The minimum atomic E-state index is 0.399. The number of rotatable bonds is 4. The number of benzene rings is 1. The van der Waals surface area contributed by atoms with Crippen LogP contribution in [0.3, 0.4) is 0 Å². The summed E-state index contributed by atoms with van der Waals surface area (Å²) in [5.74, 6) is 0. The van der Waals surface area contributed by atoms with Crippen molar-refractivity contribution < 1.29 is 4.74 Å². The number of ether oxygens (including phenoxy) is 1. The molecular formula is C12H17ClN2O. The van der Waals surface area contributed by atoms with E-state index in [1.54, 1.807) is 0 Å². The monoisotopic (exact) mass is 240 g/mol. The zero-order chi connectivity index (χ0) is 11.4. The van der Waals surface area contributed by atoms with Crippen molar-refractivity contribution in [3.05, 3.63) is 23.2 Å². The molecule has 2 rings (SSSR count). The molecule has 1 saturated heterocycles. The number of halogens is 1. The molecule has 1 heterocycles. The van der Waals surface area contributed by atoms with Gasteiger partial charge in [-0.1, -0.05) is 17.7 Å². The maximum Gasteiger partial charge on any atom is 0.0763 e. The summed E-state index contributed by atoms with van der Waals surface area (Å²) < 4.78 is 5.55. The van der Waals surface area contributed by atoms with E-state index >= 15 is 0 Å². The van der Waals surface area contributed by atoms with Gasteiger partial charge in [0.1, 0.15) is 0 Å². The van der Waals surface area contributed by atoms with Gasteiger partial charge in [0.15, 0.2) is 0 Å². The van der Waals surface area contributed by atoms with E-state index in [1.165, 1.54) is 12.8 Å². The Morgan fingerprint density at radius 3 is 3.06 bits per heavy atom. The van der Waals surface area contributed by atoms with Crippen molar-refractivity contribution in [1.29, 1.82) is 0 Å². The van der Waals surface area contributed by atoms with Crippen LogP contribution in [0.1, 0.15) is 19.3 Å². The Balaban J connectivity index is 1.84. The molecular weight excluding hydrogens is 224 g/mol. The molecule has 1 aromatic rings. The summed E-state index contributed by atoms with van der Waals surface area (Å²) in [4.78, 5) is 0. The molecule has 16 heavy (non-hydrogen) atoms. The highest BCUT2D eigenvalue weighted by molar-refractivity contribution is 6.33. The van der Waals surface area contributed by atoms with E-state index < -0.39 is 0 Å². The number of nitrogens with two attached hydrogens (primary N) is 1. The van der Waals surface area contributed by atoms with Gasteiger partial charge in [0.2, 0.25) is 0 Å². The summed E-state index contributed by atoms with van der Waals surface area (Å²) in [6.07, 6.45) is 3.75. The van der Waals surface area contributed by atoms with E-state index in [0.717, 1.165) is 25.3 Å². The first-order chi connectivity index (χ1) is 7.77. The summed E-state index contributed by atoms with van der Waals surface area (Å²) in [5.41, 5.74) is 7.37. The van der Waals surface area contributed by atoms with Gasteiger partial charge < -0.3 is 15.8 Å². The van der Waals surface area contributed by atoms with Crippen molar-refractivity contribution in [3.63, 3.8) is 0 Å². The molecule has 1 unspecified atom stereocenters. The topological polar surface area (TPSA) is 47.3 Å². The average Bonchev–Trinajstić information content (AvgIpc) is 2.75. The van der Waals surface area contributed by atoms with Crippen molar-refractivity contribution in [2.24, 2.45) is 0 Å². The molecule has 0 radical (unpaired) electrons. The first-order valence-corrected chi connectivity index (χ1v) is 6.04. The molecule has 0 amide bonds. The first-order valence-electron chi connectivity index (χ1n) is 5.67. The van der Waals surface area contributed by atoms with Crippen LogP contribution in [-0.4, -0.2) is 19.3 Å². The molecule has 0 aliphatic carbocycles. The summed E-state index contributed by atoms with van der Waals surface area (Å²) in [6, 6.07) is 5.54. The molecule has 88 valence electrons. The van der Waals surface area contributed by atoms with Crippen LogP contribution in [0.5, 0.6) is 0 Å². The van der Waals surface area contributed by atoms with E-state index in [0.29, 0.717) is 16.8 Å². The van der Waals surface area contributed by atoms with Gasteiger partial charge in [-0.3, -0.25) is 0 Å². The molecule has 0 aromatic heterocycles. The van der Waals surface area contributed by atoms with Gasteiger partial charge in [-0.05, 0) is 31.4 Å². The zero-order valence-electron chi connectivity index (χ0n) is 9.21. The van der Waals surface area contributed by atoms with Crippen molar-refractivity contribution in [2.45, 2.75) is 25.4 Å². The van der Waals surface area contributed by atoms with E-state index in [9.17, 15) is 0 Å². The van der Waals surface area contributed by atoms with Crippen LogP contribution in [0.15, 0.2) is 18.2 Å². The standard InChI is InChI=1S/C12H17ClN2O/c13-10-4-1-5-11(14)12(10)15-7-6-9-3-2-8-16-9/h1,4-5,9,15H,2-3,6-8,14H2. The van der Waals surface area contributed by atoms with Crippen molar-refractivity contribution in [3.8, 4) is 0 Å². The lowest BCUT2D eigenvalue weighted by molar-refractivity contribution is 0.107. The summed E-state index contributed by atoms with van der Waals surface area (Å²) in [5, 5.41) is 3.94. The average molecular weight is 241 g/mol. The molecule has 1 aromatic carbocycles. The van der Waals surface area contributed by atoms with Crippen LogP contribution in [0.25, 0.3) is 0 Å². The van der Waals surface area contributed by atoms with Crippen LogP contribution in [0.2, 0.25) is 5.02 Å². The fourth-order valence-corrected chi connectivity index (χ4v) is 2.21. The van der Waals surface area contributed by atoms with Gasteiger partial charge in [-0.25, -0.2) is 0 Å². The number of nitrogens with one attached hydrogen (secondary N) is 1. The van der Waals surface area contributed by atoms with Crippen molar-refractivity contribution in [1.82, 2.24) is 0 Å². The molecule has 0 spiro atoms. The molecule has 3 nitrogen and oxygen atoms in total. The lowest BCUT2D eigenvalue weighted by atomic mass is 10.2. The second-order valence-electron chi connectivity index (χ2n) is 4.05. The molecule has 4 heteroatoms. The van der Waals surface area contributed by atoms with Crippen LogP contribution >= 0.6 is 11.6 Å². The van der Waals surface area contributed by atoms with E-state index in [2.05, 4.69) is 5.32 Å². The normalized spacial score (nSPS) is 19.9. The lowest BCUT2D eigenvalue weighted by Gasteiger charge is -2.13. The lowest BCUT2D eigenvalue weighted by Crippen LogP contribution is -2.13. The minimum Gasteiger partial charge on any atom is -0.397 e. The predicted molar refractivity (Wildman–Crippen MR) is 67.9 cm³/mol. The van der Waals surface area contributed by atoms with Gasteiger partial charge >= 0.3 is 0 Å². The van der Waals surface area contributed by atoms with Crippen molar-refractivity contribution in [2.75, 3.05) is 24.2 Å². The number of hydrogen-bond donors (Lipinski definition) is 2. The number of para-hydroxylation sites is 1. The Hall–Kier alpha value is -0.930. The number of nitrogen functional groups attached to an aromatic ring is 1. The maximum absolute atomic E-state index is 6.05. The Labute approximate surface area is 101 Å². The maximum atomic E-state index is 6.05. The van der Waals surface area contributed by atoms with Crippen LogP contribution in [0, 0.1) is 0 Å². The third-order valence-electron chi connectivity index (χ3n) is 2.84. The van der Waals surface area contributed by atoms with E-state index in [1.807, 2.05) is 18.2 Å². The highest BCUT2D eigenvalue weighted by Crippen LogP contribution is 2.28. The quantitative estimate of drug-likeness (QED) is 0.796. The molecule has 3 N–H and O–H groups in total. The van der Waals surface area contributed by atoms with Crippen LogP contribution < -0.4 is 11.1 Å². The second-order valence-corrected chi connectivity index (χ2v) is 4.46. The SMILES string of the molecule is Nc1cccc(Cl)c1NCCC1CCCO1. The van der Waals surface area contributed by atoms with Gasteiger partial charge in [0, 0.05) is 13.2 Å². The summed E-state index contributed by atoms with van der Waals surface area (Å²) in [6.45, 7) is 1.75. The molecule has 0 bridgehead atoms. The Morgan fingerprint density at radius 2 is 2.38 bits per heavy atom. The Bertz CT molecular complexity index is 331. The fourth-order valence-electron chi connectivity index (χ4n) is 1.96. The molecule has 1 aliphatic heterocycles.